The van der Waals surface area contributed by atoms with Crippen LogP contribution in [-0.4, -0.2) is 45.1 Å². The number of nitrogens with two attached hydrogens (primary N) is 2. The molecule has 0 aliphatic carbocycles. The lowest BCUT2D eigenvalue weighted by molar-refractivity contribution is -0.144. The number of hydrogen-bond acceptors (Lipinski definition) is 7. The van der Waals surface area contributed by atoms with E-state index in [-0.39, 0.29) is 42.0 Å². The fourth-order valence-corrected chi connectivity index (χ4v) is 5.27. The number of benzene rings is 1. The van der Waals surface area contributed by atoms with Crippen molar-refractivity contribution in [2.24, 2.45) is 16.5 Å². The zero-order valence-electron chi connectivity index (χ0n) is 19.9. The Bertz CT molecular complexity index is 1040. The van der Waals surface area contributed by atoms with Gasteiger partial charge in [-0.1, -0.05) is 12.7 Å². The Morgan fingerprint density at radius 3 is 2.55 bits per heavy atom. The summed E-state index contributed by atoms with van der Waals surface area (Å²) >= 11 is 0. The van der Waals surface area contributed by atoms with Gasteiger partial charge >= 0.3 is 5.97 Å². The summed E-state index contributed by atoms with van der Waals surface area (Å²) in [5, 5.41) is 0. The molecule has 5 N–H and O–H groups in total. The van der Waals surface area contributed by atoms with E-state index in [1.54, 1.807) is 13.8 Å². The third-order valence-corrected chi connectivity index (χ3v) is 7.03. The Morgan fingerprint density at radius 2 is 1.94 bits per heavy atom. The van der Waals surface area contributed by atoms with Crippen molar-refractivity contribution in [3.05, 3.63) is 34.9 Å². The molecule has 0 bridgehead atoms. The molecule has 33 heavy (non-hydrogen) atoms. The number of ether oxygens (including phenoxy) is 2. The highest BCUT2D eigenvalue weighted by atomic mass is 35.5. The molecule has 1 atom stereocenters. The molecule has 1 aliphatic rings. The van der Waals surface area contributed by atoms with Crippen molar-refractivity contribution in [3.63, 3.8) is 0 Å². The van der Waals surface area contributed by atoms with Crippen LogP contribution in [0.4, 0.5) is 0 Å². The molecule has 0 radical (unpaired) electrons. The minimum absolute atomic E-state index is 0. The number of sulfonamides is 1. The first-order valence-corrected chi connectivity index (χ1v) is 12.0. The molecule has 2 rings (SSSR count). The predicted molar refractivity (Wildman–Crippen MR) is 131 cm³/mol. The highest BCUT2D eigenvalue weighted by Crippen LogP contribution is 2.43. The zero-order valence-corrected chi connectivity index (χ0v) is 21.5. The molecule has 11 heteroatoms. The molecule has 0 amide bonds. The van der Waals surface area contributed by atoms with Crippen LogP contribution in [0.5, 0.6) is 5.75 Å². The normalized spacial score (nSPS) is 15.6. The number of esters is 1. The Kier molecular flexibility index (Phi) is 9.77. The molecule has 0 aromatic heterocycles. The van der Waals surface area contributed by atoms with E-state index in [1.165, 1.54) is 6.08 Å². The van der Waals surface area contributed by atoms with E-state index in [0.29, 0.717) is 30.4 Å². The van der Waals surface area contributed by atoms with E-state index in [0.717, 1.165) is 16.9 Å². The van der Waals surface area contributed by atoms with E-state index in [9.17, 15) is 13.2 Å². The predicted octanol–water partition coefficient (Wildman–Crippen LogP) is 2.18. The second-order valence-electron chi connectivity index (χ2n) is 8.59. The fourth-order valence-electron chi connectivity index (χ4n) is 3.75. The second kappa shape index (κ2) is 11.2. The molecule has 0 spiro atoms. The van der Waals surface area contributed by atoms with Crippen molar-refractivity contribution in [1.82, 2.24) is 4.72 Å². The fraction of sp³-hybridized carbons (Fsp3) is 0.545. The lowest BCUT2D eigenvalue weighted by Gasteiger charge is -2.19. The molecule has 0 fully saturated rings. The van der Waals surface area contributed by atoms with E-state index in [2.05, 4.69) is 16.3 Å². The number of carbonyl (C=O) groups is 1. The zero-order chi connectivity index (χ0) is 24.3. The number of nitrogens with zero attached hydrogens (tertiary/aromatic N) is 1. The van der Waals surface area contributed by atoms with Crippen molar-refractivity contribution >= 4 is 34.4 Å². The van der Waals surface area contributed by atoms with Crippen LogP contribution in [0.15, 0.2) is 22.5 Å². The molecule has 1 heterocycles. The molecule has 0 saturated heterocycles. The third kappa shape index (κ3) is 6.84. The summed E-state index contributed by atoms with van der Waals surface area (Å²) in [4.78, 5) is 15.9. The van der Waals surface area contributed by atoms with Crippen LogP contribution in [0.2, 0.25) is 0 Å². The van der Waals surface area contributed by atoms with Gasteiger partial charge in [0, 0.05) is 18.5 Å². The Balaban J connectivity index is 0.00000544. The second-order valence-corrected chi connectivity index (χ2v) is 10.2. The van der Waals surface area contributed by atoms with Gasteiger partial charge in [0.15, 0.2) is 0 Å². The monoisotopic (exact) mass is 502 g/mol. The van der Waals surface area contributed by atoms with Gasteiger partial charge in [0.25, 0.3) is 10.0 Å². The number of nitrogens with one attached hydrogen (secondary N) is 1. The van der Waals surface area contributed by atoms with Gasteiger partial charge in [0.1, 0.15) is 24.0 Å². The van der Waals surface area contributed by atoms with Crippen LogP contribution in [0.25, 0.3) is 0 Å². The number of aliphatic imine (C=N–C) groups is 1. The first-order valence-electron chi connectivity index (χ1n) is 10.5. The SMILES string of the molecule is C=CCOC(=O)C(N)CCCN=C(N)NS(=O)(=O)c1c(C)c(C)c2c(c1C)CC(C)(C)O2.Cl. The third-order valence-electron chi connectivity index (χ3n) is 5.40. The molecule has 1 unspecified atom stereocenters. The van der Waals surface area contributed by atoms with Gasteiger partial charge in [-0.15, -0.1) is 12.4 Å². The van der Waals surface area contributed by atoms with E-state index in [1.807, 2.05) is 20.8 Å². The highest BCUT2D eigenvalue weighted by Gasteiger charge is 2.36. The molecule has 1 aromatic carbocycles. The maximum absolute atomic E-state index is 13.1. The van der Waals surface area contributed by atoms with Crippen molar-refractivity contribution in [2.45, 2.75) is 70.4 Å². The first kappa shape index (κ1) is 28.7. The quantitative estimate of drug-likeness (QED) is 0.154. The molecular weight excluding hydrogens is 468 g/mol. The summed E-state index contributed by atoms with van der Waals surface area (Å²) in [6.07, 6.45) is 2.85. The van der Waals surface area contributed by atoms with Crippen molar-refractivity contribution in [2.75, 3.05) is 13.2 Å². The van der Waals surface area contributed by atoms with Gasteiger partial charge in [0.2, 0.25) is 5.96 Å². The Labute approximate surface area is 202 Å². The smallest absolute Gasteiger partial charge is 0.323 e. The van der Waals surface area contributed by atoms with E-state index in [4.69, 9.17) is 20.9 Å². The summed E-state index contributed by atoms with van der Waals surface area (Å²) < 4.78 is 39.5. The molecule has 1 aliphatic heterocycles. The Morgan fingerprint density at radius 1 is 1.30 bits per heavy atom. The average Bonchev–Trinajstić information content (AvgIpc) is 3.03. The highest BCUT2D eigenvalue weighted by molar-refractivity contribution is 7.90. The van der Waals surface area contributed by atoms with Crippen molar-refractivity contribution in [3.8, 4) is 5.75 Å². The lowest BCUT2D eigenvalue weighted by atomic mass is 9.94. The van der Waals surface area contributed by atoms with Crippen molar-refractivity contribution < 1.29 is 22.7 Å². The number of halogens is 1. The van der Waals surface area contributed by atoms with Crippen LogP contribution in [0.1, 0.15) is 48.9 Å². The summed E-state index contributed by atoms with van der Waals surface area (Å²) in [5.41, 5.74) is 14.2. The van der Waals surface area contributed by atoms with Gasteiger partial charge in [0.05, 0.1) is 4.90 Å². The molecule has 9 nitrogen and oxygen atoms in total. The molecular formula is C22H35ClN4O5S. The van der Waals surface area contributed by atoms with Gasteiger partial charge in [-0.25, -0.2) is 13.1 Å². The number of guanidine groups is 1. The number of fused-ring (bicyclic) bond motifs is 1. The first-order chi connectivity index (χ1) is 14.8. The molecule has 186 valence electrons. The van der Waals surface area contributed by atoms with Gasteiger partial charge in [-0.3, -0.25) is 9.79 Å². The van der Waals surface area contributed by atoms with E-state index >= 15 is 0 Å². The number of hydrogen-bond donors (Lipinski definition) is 3. The van der Waals surface area contributed by atoms with Gasteiger partial charge in [-0.2, -0.15) is 0 Å². The largest absolute Gasteiger partial charge is 0.487 e. The van der Waals surface area contributed by atoms with Crippen LogP contribution < -0.4 is 20.9 Å². The maximum atomic E-state index is 13.1. The van der Waals surface area contributed by atoms with Gasteiger partial charge in [-0.05, 0) is 64.2 Å². The molecule has 1 aromatic rings. The average molecular weight is 503 g/mol. The minimum Gasteiger partial charge on any atom is -0.487 e. The van der Waals surface area contributed by atoms with Gasteiger partial charge < -0.3 is 20.9 Å². The number of rotatable bonds is 9. The van der Waals surface area contributed by atoms with Crippen molar-refractivity contribution in [1.29, 1.82) is 0 Å². The standard InChI is InChI=1S/C22H34N4O5S.ClH/c1-7-11-30-20(27)17(23)9-8-10-25-21(24)26-32(28,29)19-14(3)13(2)18-16(15(19)4)12-22(5,6)31-18;/h7,17H,1,8-12,23H2,2-6H3,(H3,24,25,26);1H. The van der Waals surface area contributed by atoms with E-state index < -0.39 is 22.0 Å². The topological polar surface area (TPSA) is 146 Å². The lowest BCUT2D eigenvalue weighted by Crippen LogP contribution is -2.38. The van der Waals surface area contributed by atoms with Crippen LogP contribution in [0.3, 0.4) is 0 Å². The van der Waals surface area contributed by atoms with Crippen LogP contribution in [0, 0.1) is 20.8 Å². The summed E-state index contributed by atoms with van der Waals surface area (Å²) in [5.74, 6) is 0.0162. The Hall–Kier alpha value is -2.30. The van der Waals surface area contributed by atoms with Crippen LogP contribution in [-0.2, 0) is 26.0 Å². The number of carbonyl (C=O) groups excluding carboxylic acids is 1. The van der Waals surface area contributed by atoms with Crippen LogP contribution >= 0.6 is 12.4 Å². The summed E-state index contributed by atoms with van der Waals surface area (Å²) in [6.45, 7) is 13.1. The minimum atomic E-state index is -3.95. The molecule has 0 saturated carbocycles. The maximum Gasteiger partial charge on any atom is 0.323 e. The summed E-state index contributed by atoms with van der Waals surface area (Å²) in [6, 6.07) is -0.783. The summed E-state index contributed by atoms with van der Waals surface area (Å²) in [7, 11) is -3.95.